The lowest BCUT2D eigenvalue weighted by Gasteiger charge is -2.22. The molecule has 1 fully saturated rings. The lowest BCUT2D eigenvalue weighted by atomic mass is 9.84. The van der Waals surface area contributed by atoms with Gasteiger partial charge in [0.1, 0.15) is 5.75 Å². The van der Waals surface area contributed by atoms with Crippen molar-refractivity contribution < 1.29 is 19.5 Å². The molecule has 1 aliphatic carbocycles. The SMILES string of the molecule is Cc1cc(NC(=O)C2NOC(=O)N2)cc(C)c1Cc1ccc(O)c2c1CCCC2. The Bertz CT molecular complexity index is 963. The third kappa shape index (κ3) is 3.91. The van der Waals surface area contributed by atoms with Gasteiger partial charge in [0, 0.05) is 5.69 Å². The van der Waals surface area contributed by atoms with Crippen LogP contribution >= 0.6 is 0 Å². The Labute approximate surface area is 169 Å². The Morgan fingerprint density at radius 1 is 1.17 bits per heavy atom. The van der Waals surface area contributed by atoms with E-state index in [2.05, 4.69) is 21.0 Å². The standard InChI is InChI=1S/C22H25N3O4/c1-12-9-15(23-21(27)20-24-22(28)29-25-20)10-13(2)18(12)11-14-7-8-19(26)17-6-4-3-5-16(14)17/h7-10,20,25-26H,3-6,11H2,1-2H3,(H,23,27)(H,24,28). The van der Waals surface area contributed by atoms with Gasteiger partial charge in [-0.05, 0) is 97.5 Å². The molecule has 0 saturated carbocycles. The summed E-state index contributed by atoms with van der Waals surface area (Å²) < 4.78 is 0. The molecule has 2 aromatic rings. The maximum atomic E-state index is 12.3. The quantitative estimate of drug-likeness (QED) is 0.638. The topological polar surface area (TPSA) is 99.7 Å². The highest BCUT2D eigenvalue weighted by Gasteiger charge is 2.28. The van der Waals surface area contributed by atoms with Crippen LogP contribution in [-0.4, -0.2) is 23.3 Å². The van der Waals surface area contributed by atoms with Crippen molar-refractivity contribution in [2.45, 2.75) is 52.1 Å². The summed E-state index contributed by atoms with van der Waals surface area (Å²) in [6.45, 7) is 4.06. The van der Waals surface area contributed by atoms with Crippen molar-refractivity contribution >= 4 is 17.7 Å². The molecule has 1 heterocycles. The maximum absolute atomic E-state index is 12.3. The molecule has 1 saturated heterocycles. The number of phenolic OH excluding ortho intramolecular Hbond substituents is 1. The highest BCUT2D eigenvalue weighted by atomic mass is 16.7. The number of nitrogens with one attached hydrogen (secondary N) is 3. The Balaban J connectivity index is 1.55. The lowest BCUT2D eigenvalue weighted by Crippen LogP contribution is -2.43. The fraction of sp³-hybridized carbons (Fsp3) is 0.364. The Hall–Kier alpha value is -3.06. The van der Waals surface area contributed by atoms with E-state index in [1.165, 1.54) is 16.7 Å². The molecule has 0 spiro atoms. The van der Waals surface area contributed by atoms with Crippen molar-refractivity contribution in [2.24, 2.45) is 0 Å². The number of phenols is 1. The van der Waals surface area contributed by atoms with Crippen LogP contribution in [0.2, 0.25) is 0 Å². The number of carbonyl (C=O) groups is 2. The van der Waals surface area contributed by atoms with Crippen LogP contribution in [0.5, 0.6) is 5.75 Å². The predicted molar refractivity (Wildman–Crippen MR) is 109 cm³/mol. The Morgan fingerprint density at radius 2 is 1.86 bits per heavy atom. The van der Waals surface area contributed by atoms with Gasteiger partial charge < -0.3 is 15.3 Å². The first-order valence-electron chi connectivity index (χ1n) is 9.89. The van der Waals surface area contributed by atoms with Crippen LogP contribution in [0.15, 0.2) is 24.3 Å². The molecule has 29 heavy (non-hydrogen) atoms. The second-order valence-electron chi connectivity index (χ2n) is 7.75. The molecule has 4 N–H and O–H groups in total. The first-order chi connectivity index (χ1) is 13.9. The van der Waals surface area contributed by atoms with Crippen LogP contribution in [0.1, 0.15) is 46.2 Å². The molecule has 2 aliphatic rings. The number of hydroxylamine groups is 1. The van der Waals surface area contributed by atoms with Gasteiger partial charge >= 0.3 is 6.09 Å². The minimum Gasteiger partial charge on any atom is -0.508 e. The molecule has 2 amide bonds. The van der Waals surface area contributed by atoms with Crippen molar-refractivity contribution in [3.63, 3.8) is 0 Å². The fourth-order valence-corrected chi connectivity index (χ4v) is 4.25. The van der Waals surface area contributed by atoms with Gasteiger partial charge in [-0.3, -0.25) is 10.1 Å². The summed E-state index contributed by atoms with van der Waals surface area (Å²) in [5.41, 5.74) is 10.0. The molecular weight excluding hydrogens is 370 g/mol. The maximum Gasteiger partial charge on any atom is 0.427 e. The van der Waals surface area contributed by atoms with E-state index in [4.69, 9.17) is 0 Å². The monoisotopic (exact) mass is 395 g/mol. The number of amides is 2. The third-order valence-corrected chi connectivity index (χ3v) is 5.73. The van der Waals surface area contributed by atoms with Gasteiger partial charge in [-0.2, -0.15) is 0 Å². The molecule has 7 heteroatoms. The lowest BCUT2D eigenvalue weighted by molar-refractivity contribution is -0.119. The summed E-state index contributed by atoms with van der Waals surface area (Å²) in [6.07, 6.45) is 3.43. The van der Waals surface area contributed by atoms with Crippen molar-refractivity contribution in [2.75, 3.05) is 5.32 Å². The summed E-state index contributed by atoms with van der Waals surface area (Å²) >= 11 is 0. The van der Waals surface area contributed by atoms with Gasteiger partial charge in [0.05, 0.1) is 0 Å². The van der Waals surface area contributed by atoms with Crippen LogP contribution in [0.4, 0.5) is 10.5 Å². The average molecular weight is 395 g/mol. The molecule has 7 nitrogen and oxygen atoms in total. The van der Waals surface area contributed by atoms with E-state index < -0.39 is 18.2 Å². The summed E-state index contributed by atoms with van der Waals surface area (Å²) in [4.78, 5) is 27.9. The second kappa shape index (κ2) is 7.75. The number of hydrogen-bond acceptors (Lipinski definition) is 5. The summed E-state index contributed by atoms with van der Waals surface area (Å²) in [5, 5.41) is 15.4. The molecule has 1 unspecified atom stereocenters. The van der Waals surface area contributed by atoms with Crippen LogP contribution in [0.3, 0.4) is 0 Å². The van der Waals surface area contributed by atoms with Crippen LogP contribution in [-0.2, 0) is 28.9 Å². The number of anilines is 1. The Kier molecular flexibility index (Phi) is 5.15. The molecule has 1 aliphatic heterocycles. The minimum absolute atomic E-state index is 0.394. The average Bonchev–Trinajstić information content (AvgIpc) is 3.13. The molecule has 0 bridgehead atoms. The van der Waals surface area contributed by atoms with Crippen LogP contribution in [0.25, 0.3) is 0 Å². The molecule has 0 aromatic heterocycles. The van der Waals surface area contributed by atoms with Gasteiger partial charge in [-0.1, -0.05) is 6.07 Å². The third-order valence-electron chi connectivity index (χ3n) is 5.73. The Morgan fingerprint density at radius 3 is 2.52 bits per heavy atom. The van der Waals surface area contributed by atoms with E-state index in [9.17, 15) is 14.7 Å². The molecule has 0 radical (unpaired) electrons. The van der Waals surface area contributed by atoms with Gasteiger partial charge in [-0.25, -0.2) is 4.79 Å². The van der Waals surface area contributed by atoms with E-state index in [-0.39, 0.29) is 0 Å². The van der Waals surface area contributed by atoms with Gasteiger partial charge in [0.15, 0.2) is 6.17 Å². The van der Waals surface area contributed by atoms with E-state index in [1.54, 1.807) is 0 Å². The zero-order valence-electron chi connectivity index (χ0n) is 16.6. The molecule has 2 aromatic carbocycles. The highest BCUT2D eigenvalue weighted by molar-refractivity contribution is 5.97. The van der Waals surface area contributed by atoms with Gasteiger partial charge in [0.2, 0.25) is 0 Å². The highest BCUT2D eigenvalue weighted by Crippen LogP contribution is 2.33. The number of aromatic hydroxyl groups is 1. The zero-order valence-corrected chi connectivity index (χ0v) is 16.6. The number of aryl methyl sites for hydroxylation is 2. The predicted octanol–water partition coefficient (Wildman–Crippen LogP) is 2.99. The van der Waals surface area contributed by atoms with E-state index in [0.29, 0.717) is 11.4 Å². The molecular formula is C22H25N3O4. The zero-order chi connectivity index (χ0) is 20.5. The largest absolute Gasteiger partial charge is 0.508 e. The first kappa shape index (κ1) is 19.3. The first-order valence-corrected chi connectivity index (χ1v) is 9.89. The normalized spacial score (nSPS) is 18.0. The molecule has 152 valence electrons. The summed E-state index contributed by atoms with van der Waals surface area (Å²) in [7, 11) is 0. The van der Waals surface area contributed by atoms with Crippen molar-refractivity contribution in [3.05, 3.63) is 57.6 Å². The van der Waals surface area contributed by atoms with Crippen molar-refractivity contribution in [1.29, 1.82) is 0 Å². The van der Waals surface area contributed by atoms with Crippen LogP contribution < -0.4 is 16.1 Å². The van der Waals surface area contributed by atoms with Crippen molar-refractivity contribution in [1.82, 2.24) is 10.8 Å². The minimum atomic E-state index is -0.911. The molecule has 4 rings (SSSR count). The van der Waals surface area contributed by atoms with E-state index in [1.807, 2.05) is 38.1 Å². The number of carbonyl (C=O) groups excluding carboxylic acids is 2. The second-order valence-corrected chi connectivity index (χ2v) is 7.75. The smallest absolute Gasteiger partial charge is 0.427 e. The van der Waals surface area contributed by atoms with E-state index in [0.717, 1.165) is 48.8 Å². The summed E-state index contributed by atoms with van der Waals surface area (Å²) in [6, 6.07) is 7.71. The number of rotatable bonds is 4. The fourth-order valence-electron chi connectivity index (χ4n) is 4.25. The van der Waals surface area contributed by atoms with Crippen LogP contribution in [0, 0.1) is 13.8 Å². The van der Waals surface area contributed by atoms with E-state index >= 15 is 0 Å². The van der Waals surface area contributed by atoms with Crippen molar-refractivity contribution in [3.8, 4) is 5.75 Å². The number of hydrogen-bond donors (Lipinski definition) is 4. The van der Waals surface area contributed by atoms with Gasteiger partial charge in [-0.15, -0.1) is 5.48 Å². The summed E-state index contributed by atoms with van der Waals surface area (Å²) in [5.74, 6) is 0.0153. The number of benzene rings is 2. The molecule has 1 atom stereocenters. The van der Waals surface area contributed by atoms with Gasteiger partial charge in [0.25, 0.3) is 5.91 Å². The number of fused-ring (bicyclic) bond motifs is 1.